The lowest BCUT2D eigenvalue weighted by Gasteiger charge is -2.23. The van der Waals surface area contributed by atoms with Gasteiger partial charge in [0.2, 0.25) is 0 Å². The Morgan fingerprint density at radius 3 is 2.88 bits per heavy atom. The van der Waals surface area contributed by atoms with Gasteiger partial charge in [0.25, 0.3) is 0 Å². The van der Waals surface area contributed by atoms with Crippen molar-refractivity contribution in [2.75, 3.05) is 6.61 Å². The van der Waals surface area contributed by atoms with Crippen molar-refractivity contribution in [2.24, 2.45) is 0 Å². The van der Waals surface area contributed by atoms with Gasteiger partial charge < -0.3 is 14.6 Å². The van der Waals surface area contributed by atoms with Crippen molar-refractivity contribution in [2.45, 2.75) is 51.2 Å². The Hall–Kier alpha value is -1.23. The Morgan fingerprint density at radius 1 is 1.38 bits per heavy atom. The number of unbranched alkanes of at least 4 members (excludes halogenated alkanes) is 2. The first-order chi connectivity index (χ1) is 11.5. The first-order valence-electron chi connectivity index (χ1n) is 8.17. The fraction of sp³-hybridized carbons (Fsp3) is 0.500. The van der Waals surface area contributed by atoms with E-state index in [2.05, 4.69) is 6.92 Å². The van der Waals surface area contributed by atoms with E-state index in [1.807, 2.05) is 0 Å². The van der Waals surface area contributed by atoms with Crippen LogP contribution in [-0.4, -0.2) is 29.9 Å². The molecule has 0 saturated carbocycles. The number of ether oxygens (including phenoxy) is 2. The average molecular weight is 373 g/mol. The van der Waals surface area contributed by atoms with Crippen LogP contribution in [-0.2, 0) is 9.53 Å². The van der Waals surface area contributed by atoms with Gasteiger partial charge in [-0.3, -0.25) is 4.79 Å². The predicted octanol–water partition coefficient (Wildman–Crippen LogP) is 4.64. The summed E-state index contributed by atoms with van der Waals surface area (Å²) in [6.07, 6.45) is 5.92. The van der Waals surface area contributed by atoms with Gasteiger partial charge in [0.1, 0.15) is 11.9 Å². The van der Waals surface area contributed by atoms with Crippen molar-refractivity contribution in [1.29, 1.82) is 0 Å². The third-order valence-electron chi connectivity index (χ3n) is 3.71. The van der Waals surface area contributed by atoms with Crippen LogP contribution in [0.25, 0.3) is 6.08 Å². The molecule has 1 N–H and O–H groups in total. The lowest BCUT2D eigenvalue weighted by atomic mass is 10.0. The van der Waals surface area contributed by atoms with Crippen molar-refractivity contribution >= 4 is 35.2 Å². The standard InChI is InChI=1S/C18H22Cl2O4/c1-2-3-4-7-23-18-12(8-13(19)9-16(18)20)5-6-15-10-14(21)11-17(22)24-15/h5-6,8-9,14-15,21H,2-4,7,10-11H2,1H3. The minimum atomic E-state index is -0.673. The van der Waals surface area contributed by atoms with E-state index >= 15 is 0 Å². The maximum atomic E-state index is 11.4. The molecule has 1 fully saturated rings. The SMILES string of the molecule is CCCCCOc1c(Cl)cc(Cl)cc1C=CC1CC(O)CC(=O)O1. The van der Waals surface area contributed by atoms with Gasteiger partial charge in [0.15, 0.2) is 0 Å². The zero-order valence-electron chi connectivity index (χ0n) is 13.6. The Balaban J connectivity index is 2.12. The maximum absolute atomic E-state index is 11.4. The second-order valence-corrected chi connectivity index (χ2v) is 6.69. The molecule has 0 aliphatic carbocycles. The minimum absolute atomic E-state index is 0.0408. The number of esters is 1. The van der Waals surface area contributed by atoms with Crippen molar-refractivity contribution in [1.82, 2.24) is 0 Å². The molecule has 1 heterocycles. The molecule has 1 aromatic carbocycles. The molecule has 6 heteroatoms. The lowest BCUT2D eigenvalue weighted by Crippen LogP contribution is -2.31. The van der Waals surface area contributed by atoms with Gasteiger partial charge in [-0.2, -0.15) is 0 Å². The van der Waals surface area contributed by atoms with Gasteiger partial charge in [-0.25, -0.2) is 0 Å². The van der Waals surface area contributed by atoms with Crippen LogP contribution in [0.1, 0.15) is 44.6 Å². The van der Waals surface area contributed by atoms with Gasteiger partial charge >= 0.3 is 5.97 Å². The monoisotopic (exact) mass is 372 g/mol. The molecule has 24 heavy (non-hydrogen) atoms. The molecule has 1 aliphatic heterocycles. The van der Waals surface area contributed by atoms with Gasteiger partial charge in [-0.05, 0) is 24.6 Å². The Bertz CT molecular complexity index is 601. The highest BCUT2D eigenvalue weighted by atomic mass is 35.5. The number of hydrogen-bond acceptors (Lipinski definition) is 4. The van der Waals surface area contributed by atoms with Crippen LogP contribution in [0.2, 0.25) is 10.0 Å². The summed E-state index contributed by atoms with van der Waals surface area (Å²) in [5.74, 6) is 0.166. The lowest BCUT2D eigenvalue weighted by molar-refractivity contribution is -0.156. The number of aliphatic hydroxyl groups is 1. The number of aliphatic hydroxyl groups excluding tert-OH is 1. The summed E-state index contributed by atoms with van der Waals surface area (Å²) < 4.78 is 11.0. The summed E-state index contributed by atoms with van der Waals surface area (Å²) in [7, 11) is 0. The summed E-state index contributed by atoms with van der Waals surface area (Å²) in [4.78, 5) is 11.4. The Kier molecular flexibility index (Phi) is 7.40. The Morgan fingerprint density at radius 2 is 2.17 bits per heavy atom. The molecule has 4 nitrogen and oxygen atoms in total. The second kappa shape index (κ2) is 9.30. The third-order valence-corrected chi connectivity index (χ3v) is 4.21. The van der Waals surface area contributed by atoms with Gasteiger partial charge in [-0.15, -0.1) is 0 Å². The normalized spacial score (nSPS) is 21.1. The summed E-state index contributed by atoms with van der Waals surface area (Å²) in [6.45, 7) is 2.70. The summed E-state index contributed by atoms with van der Waals surface area (Å²) >= 11 is 12.3. The van der Waals surface area contributed by atoms with Crippen LogP contribution < -0.4 is 4.74 Å². The van der Waals surface area contributed by atoms with E-state index in [0.717, 1.165) is 24.8 Å². The van der Waals surface area contributed by atoms with Crippen LogP contribution in [0.5, 0.6) is 5.75 Å². The van der Waals surface area contributed by atoms with Crippen molar-refractivity contribution in [3.63, 3.8) is 0 Å². The van der Waals surface area contributed by atoms with E-state index in [4.69, 9.17) is 32.7 Å². The molecule has 0 radical (unpaired) electrons. The van der Waals surface area contributed by atoms with Crippen molar-refractivity contribution in [3.05, 3.63) is 33.8 Å². The fourth-order valence-electron chi connectivity index (χ4n) is 2.52. The highest BCUT2D eigenvalue weighted by molar-refractivity contribution is 6.35. The van der Waals surface area contributed by atoms with Crippen LogP contribution in [0.4, 0.5) is 0 Å². The second-order valence-electron chi connectivity index (χ2n) is 5.84. The number of benzene rings is 1. The molecule has 132 valence electrons. The minimum Gasteiger partial charge on any atom is -0.491 e. The first-order valence-corrected chi connectivity index (χ1v) is 8.92. The van der Waals surface area contributed by atoms with Gasteiger partial charge in [-0.1, -0.05) is 49.0 Å². The highest BCUT2D eigenvalue weighted by Crippen LogP contribution is 2.34. The van der Waals surface area contributed by atoms with Crippen LogP contribution in [0, 0.1) is 0 Å². The molecule has 1 aromatic rings. The van der Waals surface area contributed by atoms with E-state index < -0.39 is 18.2 Å². The summed E-state index contributed by atoms with van der Waals surface area (Å²) in [6, 6.07) is 3.39. The molecule has 2 atom stereocenters. The van der Waals surface area contributed by atoms with Crippen LogP contribution in [0.3, 0.4) is 0 Å². The number of cyclic esters (lactones) is 1. The van der Waals surface area contributed by atoms with E-state index in [-0.39, 0.29) is 6.42 Å². The van der Waals surface area contributed by atoms with Gasteiger partial charge in [0, 0.05) is 17.0 Å². The number of carbonyl (C=O) groups is 1. The molecule has 0 bridgehead atoms. The molecular formula is C18H22Cl2O4. The molecular weight excluding hydrogens is 351 g/mol. The smallest absolute Gasteiger partial charge is 0.309 e. The Labute approximate surface area is 152 Å². The van der Waals surface area contributed by atoms with Crippen LogP contribution in [0.15, 0.2) is 18.2 Å². The highest BCUT2D eigenvalue weighted by Gasteiger charge is 2.25. The maximum Gasteiger partial charge on any atom is 0.309 e. The molecule has 1 saturated heterocycles. The van der Waals surface area contributed by atoms with E-state index in [1.165, 1.54) is 0 Å². The van der Waals surface area contributed by atoms with Crippen LogP contribution >= 0.6 is 23.2 Å². The third kappa shape index (κ3) is 5.69. The zero-order chi connectivity index (χ0) is 17.5. The van der Waals surface area contributed by atoms with Crippen molar-refractivity contribution < 1.29 is 19.4 Å². The molecule has 1 aliphatic rings. The van der Waals surface area contributed by atoms with E-state index in [1.54, 1.807) is 24.3 Å². The quantitative estimate of drug-likeness (QED) is 0.559. The predicted molar refractivity (Wildman–Crippen MR) is 95.6 cm³/mol. The number of carbonyl (C=O) groups excluding carboxylic acids is 1. The topological polar surface area (TPSA) is 55.8 Å². The largest absolute Gasteiger partial charge is 0.491 e. The molecule has 0 amide bonds. The number of halogens is 2. The molecule has 2 unspecified atom stereocenters. The summed E-state index contributed by atoms with van der Waals surface area (Å²) in [5.41, 5.74) is 0.722. The fourth-order valence-corrected chi connectivity index (χ4v) is 3.08. The first kappa shape index (κ1) is 19.1. The molecule has 0 aromatic heterocycles. The average Bonchev–Trinajstić information content (AvgIpc) is 2.50. The number of hydrogen-bond donors (Lipinski definition) is 1. The zero-order valence-corrected chi connectivity index (χ0v) is 15.1. The molecule has 0 spiro atoms. The van der Waals surface area contributed by atoms with Gasteiger partial charge in [0.05, 0.1) is 24.2 Å². The number of rotatable bonds is 7. The van der Waals surface area contributed by atoms with E-state index in [9.17, 15) is 9.90 Å². The summed E-state index contributed by atoms with van der Waals surface area (Å²) in [5, 5.41) is 10.6. The van der Waals surface area contributed by atoms with Crippen molar-refractivity contribution in [3.8, 4) is 5.75 Å². The molecule has 2 rings (SSSR count). The van der Waals surface area contributed by atoms with E-state index in [0.29, 0.717) is 28.8 Å².